The highest BCUT2D eigenvalue weighted by atomic mass is 35.5. The van der Waals surface area contributed by atoms with Crippen molar-refractivity contribution in [1.29, 1.82) is 0 Å². The Morgan fingerprint density at radius 2 is 2.40 bits per heavy atom. The van der Waals surface area contributed by atoms with Crippen LogP contribution in [0.15, 0.2) is 18.3 Å². The van der Waals surface area contributed by atoms with Crippen LogP contribution in [0.4, 0.5) is 5.69 Å². The van der Waals surface area contributed by atoms with Crippen molar-refractivity contribution in [3.8, 4) is 0 Å². The minimum absolute atomic E-state index is 0.378. The van der Waals surface area contributed by atoms with Crippen molar-refractivity contribution in [2.24, 2.45) is 5.73 Å². The van der Waals surface area contributed by atoms with E-state index in [4.69, 9.17) is 17.3 Å². The monoisotopic (exact) mass is 227 g/mol. The van der Waals surface area contributed by atoms with Gasteiger partial charge >= 0.3 is 0 Å². The van der Waals surface area contributed by atoms with Crippen LogP contribution in [0.2, 0.25) is 5.15 Å². The molecule has 0 saturated heterocycles. The van der Waals surface area contributed by atoms with Crippen molar-refractivity contribution >= 4 is 23.2 Å². The molecule has 0 spiro atoms. The first-order valence-electron chi connectivity index (χ1n) is 4.67. The Morgan fingerprint density at radius 1 is 1.73 bits per heavy atom. The van der Waals surface area contributed by atoms with E-state index in [1.54, 1.807) is 25.3 Å². The fourth-order valence-electron chi connectivity index (χ4n) is 1.12. The predicted molar refractivity (Wildman–Crippen MR) is 60.8 cm³/mol. The molecule has 5 heteroatoms. The minimum Gasteiger partial charge on any atom is -0.371 e. The Labute approximate surface area is 93.8 Å². The molecule has 15 heavy (non-hydrogen) atoms. The van der Waals surface area contributed by atoms with Crippen LogP contribution in [0.1, 0.15) is 20.3 Å². The van der Waals surface area contributed by atoms with Crippen LogP contribution in [0.25, 0.3) is 0 Å². The molecule has 0 radical (unpaired) electrons. The first-order valence-corrected chi connectivity index (χ1v) is 5.05. The number of rotatable bonds is 4. The predicted octanol–water partition coefficient (Wildman–Crippen LogP) is 1.80. The molecule has 1 amide bonds. The number of amides is 1. The van der Waals surface area contributed by atoms with Crippen LogP contribution in [-0.2, 0) is 4.79 Å². The van der Waals surface area contributed by atoms with Gasteiger partial charge in [0.15, 0.2) is 0 Å². The molecule has 0 aliphatic rings. The van der Waals surface area contributed by atoms with E-state index in [2.05, 4.69) is 10.3 Å². The van der Waals surface area contributed by atoms with Gasteiger partial charge in [0.2, 0.25) is 5.91 Å². The first-order chi connectivity index (χ1) is 6.98. The number of primary amides is 1. The molecule has 0 aromatic carbocycles. The summed E-state index contributed by atoms with van der Waals surface area (Å²) >= 11 is 5.73. The van der Waals surface area contributed by atoms with E-state index in [0.29, 0.717) is 11.6 Å². The third-order valence-corrected chi connectivity index (χ3v) is 2.60. The Morgan fingerprint density at radius 3 is 2.87 bits per heavy atom. The summed E-state index contributed by atoms with van der Waals surface area (Å²) in [7, 11) is 0. The summed E-state index contributed by atoms with van der Waals surface area (Å²) in [5.74, 6) is -0.391. The maximum atomic E-state index is 11.3. The number of aromatic nitrogens is 1. The lowest BCUT2D eigenvalue weighted by molar-refractivity contribution is -0.121. The smallest absolute Gasteiger partial charge is 0.242 e. The number of hydrogen-bond acceptors (Lipinski definition) is 3. The van der Waals surface area contributed by atoms with Gasteiger partial charge in [0.05, 0.1) is 0 Å². The van der Waals surface area contributed by atoms with Gasteiger partial charge in [-0.3, -0.25) is 4.79 Å². The molecule has 0 bridgehead atoms. The van der Waals surface area contributed by atoms with E-state index in [9.17, 15) is 4.79 Å². The summed E-state index contributed by atoms with van der Waals surface area (Å²) in [6, 6.07) is 3.39. The summed E-state index contributed by atoms with van der Waals surface area (Å²) in [6.45, 7) is 3.64. The molecule has 3 N–H and O–H groups in total. The molecule has 0 aliphatic carbocycles. The molecule has 1 aromatic rings. The zero-order valence-corrected chi connectivity index (χ0v) is 9.51. The Balaban J connectivity index is 2.89. The second-order valence-corrected chi connectivity index (χ2v) is 3.93. The summed E-state index contributed by atoms with van der Waals surface area (Å²) in [4.78, 5) is 15.1. The van der Waals surface area contributed by atoms with Gasteiger partial charge in [0, 0.05) is 11.9 Å². The lowest BCUT2D eigenvalue weighted by Crippen LogP contribution is -2.47. The quantitative estimate of drug-likeness (QED) is 0.771. The van der Waals surface area contributed by atoms with E-state index in [1.807, 2.05) is 6.92 Å². The van der Waals surface area contributed by atoms with Crippen molar-refractivity contribution in [2.45, 2.75) is 25.8 Å². The van der Waals surface area contributed by atoms with E-state index in [-0.39, 0.29) is 0 Å². The number of pyridine rings is 1. The molecule has 4 nitrogen and oxygen atoms in total. The zero-order chi connectivity index (χ0) is 11.5. The fourth-order valence-corrected chi connectivity index (χ4v) is 1.30. The van der Waals surface area contributed by atoms with Crippen molar-refractivity contribution in [1.82, 2.24) is 4.98 Å². The highest BCUT2D eigenvalue weighted by Crippen LogP contribution is 2.19. The van der Waals surface area contributed by atoms with E-state index in [1.165, 1.54) is 0 Å². The molecular weight excluding hydrogens is 214 g/mol. The Bertz CT molecular complexity index is 369. The molecule has 82 valence electrons. The number of hydrogen-bond donors (Lipinski definition) is 2. The maximum Gasteiger partial charge on any atom is 0.242 e. The molecule has 0 aliphatic heterocycles. The average molecular weight is 228 g/mol. The fraction of sp³-hybridized carbons (Fsp3) is 0.400. The maximum absolute atomic E-state index is 11.3. The average Bonchev–Trinajstić information content (AvgIpc) is 2.17. The number of nitrogens with two attached hydrogens (primary N) is 1. The summed E-state index contributed by atoms with van der Waals surface area (Å²) in [5, 5.41) is 3.42. The van der Waals surface area contributed by atoms with Gasteiger partial charge < -0.3 is 11.1 Å². The summed E-state index contributed by atoms with van der Waals surface area (Å²) < 4.78 is 0. The van der Waals surface area contributed by atoms with Crippen LogP contribution in [-0.4, -0.2) is 16.4 Å². The standard InChI is InChI=1S/C10H14ClN3O/c1-3-10(2,9(12)15)14-7-4-5-13-8(11)6-7/h4-6H,3H2,1-2H3,(H2,12,15)(H,13,14). The van der Waals surface area contributed by atoms with Crippen molar-refractivity contribution in [2.75, 3.05) is 5.32 Å². The van der Waals surface area contributed by atoms with E-state index in [0.717, 1.165) is 5.69 Å². The molecule has 1 unspecified atom stereocenters. The van der Waals surface area contributed by atoms with Gasteiger partial charge in [-0.25, -0.2) is 4.98 Å². The summed E-state index contributed by atoms with van der Waals surface area (Å²) in [6.07, 6.45) is 2.17. The van der Waals surface area contributed by atoms with Crippen LogP contribution in [0, 0.1) is 0 Å². The second-order valence-electron chi connectivity index (χ2n) is 3.54. The second kappa shape index (κ2) is 4.49. The normalized spacial score (nSPS) is 14.3. The highest BCUT2D eigenvalue weighted by molar-refractivity contribution is 6.29. The molecule has 0 saturated carbocycles. The Kier molecular flexibility index (Phi) is 3.52. The topological polar surface area (TPSA) is 68.0 Å². The molecular formula is C10H14ClN3O. The number of nitrogens with zero attached hydrogens (tertiary/aromatic N) is 1. The van der Waals surface area contributed by atoms with Gasteiger partial charge in [-0.15, -0.1) is 0 Å². The number of carbonyl (C=O) groups is 1. The molecule has 1 rings (SSSR count). The molecule has 1 aromatic heterocycles. The third-order valence-electron chi connectivity index (χ3n) is 2.40. The largest absolute Gasteiger partial charge is 0.371 e. The zero-order valence-electron chi connectivity index (χ0n) is 8.75. The van der Waals surface area contributed by atoms with E-state index >= 15 is 0 Å². The van der Waals surface area contributed by atoms with Crippen LogP contribution in [0.5, 0.6) is 0 Å². The number of anilines is 1. The minimum atomic E-state index is -0.759. The summed E-state index contributed by atoms with van der Waals surface area (Å²) in [5.41, 5.74) is 5.29. The number of halogens is 1. The van der Waals surface area contributed by atoms with Crippen LogP contribution >= 0.6 is 11.6 Å². The number of nitrogens with one attached hydrogen (secondary N) is 1. The van der Waals surface area contributed by atoms with Gasteiger partial charge in [-0.1, -0.05) is 18.5 Å². The lowest BCUT2D eigenvalue weighted by atomic mass is 9.98. The molecule has 1 atom stereocenters. The molecule has 1 heterocycles. The van der Waals surface area contributed by atoms with Crippen LogP contribution in [0.3, 0.4) is 0 Å². The Hall–Kier alpha value is -1.29. The van der Waals surface area contributed by atoms with E-state index < -0.39 is 11.4 Å². The first kappa shape index (κ1) is 11.8. The van der Waals surface area contributed by atoms with Gasteiger partial charge in [-0.05, 0) is 25.5 Å². The molecule has 0 fully saturated rings. The van der Waals surface area contributed by atoms with Crippen molar-refractivity contribution < 1.29 is 4.79 Å². The van der Waals surface area contributed by atoms with Gasteiger partial charge in [0.25, 0.3) is 0 Å². The van der Waals surface area contributed by atoms with Crippen LogP contribution < -0.4 is 11.1 Å². The van der Waals surface area contributed by atoms with Gasteiger partial charge in [0.1, 0.15) is 10.7 Å². The third kappa shape index (κ3) is 2.83. The number of carbonyl (C=O) groups excluding carboxylic acids is 1. The SMILES string of the molecule is CCC(C)(Nc1ccnc(Cl)c1)C(N)=O. The van der Waals surface area contributed by atoms with Crippen molar-refractivity contribution in [3.63, 3.8) is 0 Å². The lowest BCUT2D eigenvalue weighted by Gasteiger charge is -2.27. The van der Waals surface area contributed by atoms with Gasteiger partial charge in [-0.2, -0.15) is 0 Å². The highest BCUT2D eigenvalue weighted by Gasteiger charge is 2.28. The van der Waals surface area contributed by atoms with Crippen molar-refractivity contribution in [3.05, 3.63) is 23.5 Å².